The minimum absolute atomic E-state index is 0.850. The highest BCUT2D eigenvalue weighted by molar-refractivity contribution is 9.10. The Hall–Kier alpha value is -1.37. The lowest BCUT2D eigenvalue weighted by atomic mass is 10.4. The van der Waals surface area contributed by atoms with Gasteiger partial charge >= 0.3 is 0 Å². The molecular formula is C18H18BrOP. The third kappa shape index (κ3) is 3.28. The molecule has 1 atom stereocenters. The molecule has 0 heterocycles. The summed E-state index contributed by atoms with van der Waals surface area (Å²) in [5.41, 5.74) is 0. The van der Waals surface area contributed by atoms with Crippen LogP contribution in [0.25, 0.3) is 0 Å². The smallest absolute Gasteiger partial charge is 0.170 e. The standard InChI is InChI=1S/C18H18BrOP/c1-3-8-16(4-2)21(20,17-9-6-5-7-10-17)18-13-11-15(19)12-14-18/h3-14H,1-2H3/b8-3-,16-4+. The minimum atomic E-state index is -2.82. The molecule has 0 aliphatic heterocycles. The van der Waals surface area contributed by atoms with Crippen LogP contribution >= 0.6 is 23.1 Å². The molecule has 2 aromatic rings. The van der Waals surface area contributed by atoms with Crippen molar-refractivity contribution in [3.05, 3.63) is 82.6 Å². The van der Waals surface area contributed by atoms with Crippen LogP contribution in [0.2, 0.25) is 0 Å². The summed E-state index contributed by atoms with van der Waals surface area (Å²) >= 11 is 3.43. The van der Waals surface area contributed by atoms with Gasteiger partial charge in [-0.2, -0.15) is 0 Å². The monoisotopic (exact) mass is 360 g/mol. The Morgan fingerprint density at radius 3 is 2.05 bits per heavy atom. The molecule has 0 bridgehead atoms. The number of rotatable bonds is 4. The number of allylic oxidation sites excluding steroid dienone is 4. The highest BCUT2D eigenvalue weighted by atomic mass is 79.9. The van der Waals surface area contributed by atoms with Crippen LogP contribution in [0.3, 0.4) is 0 Å². The Morgan fingerprint density at radius 1 is 0.952 bits per heavy atom. The molecule has 0 aliphatic rings. The zero-order valence-electron chi connectivity index (χ0n) is 12.2. The lowest BCUT2D eigenvalue weighted by molar-refractivity contribution is 0.591. The van der Waals surface area contributed by atoms with Gasteiger partial charge in [0.15, 0.2) is 7.14 Å². The zero-order chi connectivity index (χ0) is 15.3. The second-order valence-corrected chi connectivity index (χ2v) is 8.32. The molecule has 0 aliphatic carbocycles. The molecule has 0 amide bonds. The summed E-state index contributed by atoms with van der Waals surface area (Å²) in [5, 5.41) is 2.57. The van der Waals surface area contributed by atoms with Crippen molar-refractivity contribution in [2.24, 2.45) is 0 Å². The number of halogens is 1. The van der Waals surface area contributed by atoms with Gasteiger partial charge in [0.2, 0.25) is 0 Å². The molecule has 0 N–H and O–H groups in total. The van der Waals surface area contributed by atoms with E-state index in [0.29, 0.717) is 0 Å². The lowest BCUT2D eigenvalue weighted by Crippen LogP contribution is -2.16. The van der Waals surface area contributed by atoms with Crippen molar-refractivity contribution < 1.29 is 4.57 Å². The molecular weight excluding hydrogens is 343 g/mol. The molecule has 0 radical (unpaired) electrons. The SMILES string of the molecule is C/C=C\C(=C/C)P(=O)(c1ccccc1)c1ccc(Br)cc1. The quantitative estimate of drug-likeness (QED) is 0.538. The number of benzene rings is 2. The normalized spacial score (nSPS) is 15.1. The van der Waals surface area contributed by atoms with E-state index >= 15 is 0 Å². The van der Waals surface area contributed by atoms with Gasteiger partial charge in [-0.3, -0.25) is 0 Å². The van der Waals surface area contributed by atoms with Crippen molar-refractivity contribution in [2.45, 2.75) is 13.8 Å². The van der Waals surface area contributed by atoms with E-state index in [2.05, 4.69) is 15.9 Å². The first-order valence-corrected chi connectivity index (χ1v) is 9.34. The fourth-order valence-electron chi connectivity index (χ4n) is 2.29. The zero-order valence-corrected chi connectivity index (χ0v) is 14.6. The maximum absolute atomic E-state index is 13.9. The molecule has 0 saturated carbocycles. The maximum Gasteiger partial charge on any atom is 0.170 e. The van der Waals surface area contributed by atoms with Crippen LogP contribution in [0, 0.1) is 0 Å². The van der Waals surface area contributed by atoms with Crippen molar-refractivity contribution in [1.82, 2.24) is 0 Å². The molecule has 21 heavy (non-hydrogen) atoms. The van der Waals surface area contributed by atoms with Crippen molar-refractivity contribution in [3.8, 4) is 0 Å². The van der Waals surface area contributed by atoms with Crippen molar-refractivity contribution >= 4 is 33.7 Å². The first kappa shape index (κ1) is 16.0. The second-order valence-electron chi connectivity index (χ2n) is 4.63. The molecule has 1 nitrogen and oxygen atoms in total. The summed E-state index contributed by atoms with van der Waals surface area (Å²) in [7, 11) is -2.82. The van der Waals surface area contributed by atoms with Gasteiger partial charge in [0.25, 0.3) is 0 Å². The van der Waals surface area contributed by atoms with Crippen molar-refractivity contribution in [3.63, 3.8) is 0 Å². The molecule has 0 saturated heterocycles. The predicted molar refractivity (Wildman–Crippen MR) is 96.0 cm³/mol. The van der Waals surface area contributed by atoms with Gasteiger partial charge in [-0.05, 0) is 38.1 Å². The Bertz CT molecular complexity index is 700. The van der Waals surface area contributed by atoms with E-state index in [4.69, 9.17) is 0 Å². The summed E-state index contributed by atoms with van der Waals surface area (Å²) in [4.78, 5) is 0. The van der Waals surface area contributed by atoms with Crippen LogP contribution in [0.5, 0.6) is 0 Å². The Kier molecular flexibility index (Phi) is 5.39. The highest BCUT2D eigenvalue weighted by Crippen LogP contribution is 2.52. The van der Waals surface area contributed by atoms with Gasteiger partial charge in [-0.15, -0.1) is 0 Å². The summed E-state index contributed by atoms with van der Waals surface area (Å²) in [6, 6.07) is 17.4. The van der Waals surface area contributed by atoms with Crippen LogP contribution in [-0.4, -0.2) is 0 Å². The van der Waals surface area contributed by atoms with Gasteiger partial charge in [-0.1, -0.05) is 64.5 Å². The van der Waals surface area contributed by atoms with Crippen molar-refractivity contribution in [1.29, 1.82) is 0 Å². The van der Waals surface area contributed by atoms with E-state index in [1.807, 2.05) is 86.7 Å². The largest absolute Gasteiger partial charge is 0.309 e. The van der Waals surface area contributed by atoms with Gasteiger partial charge in [0.1, 0.15) is 0 Å². The van der Waals surface area contributed by atoms with Gasteiger partial charge in [0.05, 0.1) is 0 Å². The fraction of sp³-hybridized carbons (Fsp3) is 0.111. The van der Waals surface area contributed by atoms with E-state index in [-0.39, 0.29) is 0 Å². The second kappa shape index (κ2) is 7.06. The average molecular weight is 361 g/mol. The molecule has 0 aromatic heterocycles. The van der Waals surface area contributed by atoms with Crippen LogP contribution in [-0.2, 0) is 4.57 Å². The van der Waals surface area contributed by atoms with E-state index < -0.39 is 7.14 Å². The summed E-state index contributed by atoms with van der Waals surface area (Å²) < 4.78 is 14.9. The highest BCUT2D eigenvalue weighted by Gasteiger charge is 2.29. The Labute approximate surface area is 134 Å². The lowest BCUT2D eigenvalue weighted by Gasteiger charge is -2.20. The number of hydrogen-bond donors (Lipinski definition) is 0. The molecule has 1 unspecified atom stereocenters. The first-order valence-electron chi connectivity index (χ1n) is 6.84. The molecule has 2 rings (SSSR count). The van der Waals surface area contributed by atoms with Crippen molar-refractivity contribution in [2.75, 3.05) is 0 Å². The maximum atomic E-state index is 13.9. The summed E-state index contributed by atoms with van der Waals surface area (Å²) in [5.74, 6) is 0. The fourth-order valence-corrected chi connectivity index (χ4v) is 5.33. The topological polar surface area (TPSA) is 17.1 Å². The van der Waals surface area contributed by atoms with Crippen LogP contribution in [0.15, 0.2) is 82.6 Å². The Morgan fingerprint density at radius 2 is 1.52 bits per heavy atom. The third-order valence-corrected chi connectivity index (χ3v) is 7.02. The first-order chi connectivity index (χ1) is 10.1. The van der Waals surface area contributed by atoms with E-state index in [9.17, 15) is 4.57 Å². The van der Waals surface area contributed by atoms with Crippen LogP contribution < -0.4 is 10.6 Å². The van der Waals surface area contributed by atoms with Crippen LogP contribution in [0.4, 0.5) is 0 Å². The minimum Gasteiger partial charge on any atom is -0.309 e. The Balaban J connectivity index is 2.71. The third-order valence-electron chi connectivity index (χ3n) is 3.31. The molecule has 0 spiro atoms. The van der Waals surface area contributed by atoms with Gasteiger partial charge in [0, 0.05) is 20.4 Å². The summed E-state index contributed by atoms with van der Waals surface area (Å²) in [6.45, 7) is 3.88. The molecule has 3 heteroatoms. The number of hydrogen-bond acceptors (Lipinski definition) is 1. The van der Waals surface area contributed by atoms with E-state index in [1.165, 1.54) is 0 Å². The van der Waals surface area contributed by atoms with E-state index in [0.717, 1.165) is 20.4 Å². The van der Waals surface area contributed by atoms with Gasteiger partial charge < -0.3 is 4.57 Å². The van der Waals surface area contributed by atoms with Gasteiger partial charge in [-0.25, -0.2) is 0 Å². The van der Waals surface area contributed by atoms with Crippen LogP contribution in [0.1, 0.15) is 13.8 Å². The summed E-state index contributed by atoms with van der Waals surface area (Å²) in [6.07, 6.45) is 5.81. The predicted octanol–water partition coefficient (Wildman–Crippen LogP) is 5.24. The molecule has 108 valence electrons. The average Bonchev–Trinajstić information content (AvgIpc) is 2.53. The van der Waals surface area contributed by atoms with E-state index in [1.54, 1.807) is 0 Å². The molecule has 2 aromatic carbocycles. The molecule has 0 fully saturated rings.